The topological polar surface area (TPSA) is 103 Å². The second kappa shape index (κ2) is 9.59. The van der Waals surface area contributed by atoms with Gasteiger partial charge in [-0.15, -0.1) is 5.10 Å². The molecule has 0 atom stereocenters. The Morgan fingerprint density at radius 1 is 1.16 bits per heavy atom. The maximum absolute atomic E-state index is 13.1. The first-order chi connectivity index (χ1) is 14.8. The third kappa shape index (κ3) is 5.02. The van der Waals surface area contributed by atoms with E-state index in [1.165, 1.54) is 0 Å². The van der Waals surface area contributed by atoms with Crippen molar-refractivity contribution in [1.29, 1.82) is 0 Å². The van der Waals surface area contributed by atoms with Crippen LogP contribution in [0.15, 0.2) is 30.3 Å². The van der Waals surface area contributed by atoms with Gasteiger partial charge in [-0.25, -0.2) is 9.67 Å². The summed E-state index contributed by atoms with van der Waals surface area (Å²) in [4.78, 5) is 30.7. The number of hydrogen-bond donors (Lipinski definition) is 1. The van der Waals surface area contributed by atoms with Crippen LogP contribution >= 0.6 is 0 Å². The van der Waals surface area contributed by atoms with E-state index in [2.05, 4.69) is 10.1 Å². The number of amides is 2. The fourth-order valence-electron chi connectivity index (χ4n) is 3.84. The van der Waals surface area contributed by atoms with Gasteiger partial charge >= 0.3 is 0 Å². The number of benzene rings is 1. The van der Waals surface area contributed by atoms with Crippen molar-refractivity contribution in [3.05, 3.63) is 52.7 Å². The molecule has 1 aromatic carbocycles. The minimum atomic E-state index is -0.420. The molecule has 31 heavy (non-hydrogen) atoms. The van der Waals surface area contributed by atoms with Crippen LogP contribution in [0.3, 0.4) is 0 Å². The number of hydrogen-bond acceptors (Lipinski definition) is 5. The molecule has 0 bridgehead atoms. The highest BCUT2D eigenvalue weighted by molar-refractivity contribution is 5.86. The minimum Gasteiger partial charge on any atom is -0.479 e. The van der Waals surface area contributed by atoms with E-state index in [1.807, 2.05) is 51.2 Å². The van der Waals surface area contributed by atoms with Crippen molar-refractivity contribution in [1.82, 2.24) is 19.7 Å². The molecule has 0 aliphatic rings. The quantitative estimate of drug-likeness (QED) is 0.569. The number of carbonyl (C=O) groups is 2. The number of primary amides is 1. The van der Waals surface area contributed by atoms with E-state index in [1.54, 1.807) is 16.7 Å². The van der Waals surface area contributed by atoms with Gasteiger partial charge in [-0.1, -0.05) is 30.3 Å². The van der Waals surface area contributed by atoms with Crippen molar-refractivity contribution in [2.24, 2.45) is 12.8 Å². The number of fused-ring (bicyclic) bond motifs is 1. The van der Waals surface area contributed by atoms with Crippen LogP contribution in [-0.4, -0.2) is 45.1 Å². The lowest BCUT2D eigenvalue weighted by atomic mass is 9.99. The number of nitrogens with zero attached hydrogens (tertiary/aromatic N) is 4. The molecule has 3 aromatic rings. The zero-order valence-electron chi connectivity index (χ0n) is 18.5. The van der Waals surface area contributed by atoms with Crippen LogP contribution in [0.2, 0.25) is 0 Å². The molecule has 2 N–H and O–H groups in total. The molecular weight excluding hydrogens is 394 g/mol. The lowest BCUT2D eigenvalue weighted by Crippen LogP contribution is -2.33. The van der Waals surface area contributed by atoms with Gasteiger partial charge in [0.15, 0.2) is 5.65 Å². The molecule has 0 saturated heterocycles. The van der Waals surface area contributed by atoms with E-state index in [4.69, 9.17) is 10.5 Å². The van der Waals surface area contributed by atoms with Gasteiger partial charge in [0.2, 0.25) is 17.7 Å². The van der Waals surface area contributed by atoms with Gasteiger partial charge in [-0.2, -0.15) is 0 Å². The molecule has 0 unspecified atom stereocenters. The van der Waals surface area contributed by atoms with Gasteiger partial charge < -0.3 is 15.4 Å². The van der Waals surface area contributed by atoms with Crippen LogP contribution in [0.4, 0.5) is 0 Å². The second-order valence-electron chi connectivity index (χ2n) is 7.65. The molecule has 0 aliphatic heterocycles. The molecule has 0 aliphatic carbocycles. The summed E-state index contributed by atoms with van der Waals surface area (Å²) < 4.78 is 7.12. The van der Waals surface area contributed by atoms with Gasteiger partial charge in [0, 0.05) is 38.7 Å². The number of rotatable bonds is 9. The molecule has 0 fully saturated rings. The number of carbonyl (C=O) groups excluding carboxylic acids is 2. The minimum absolute atomic E-state index is 0.0258. The third-order valence-electron chi connectivity index (χ3n) is 5.50. The molecule has 2 heterocycles. The molecule has 2 aromatic heterocycles. The maximum atomic E-state index is 13.1. The van der Waals surface area contributed by atoms with Crippen LogP contribution in [0, 0.1) is 13.8 Å². The average Bonchev–Trinajstić information content (AvgIpc) is 3.07. The van der Waals surface area contributed by atoms with Crippen LogP contribution in [0.1, 0.15) is 35.2 Å². The van der Waals surface area contributed by atoms with Crippen LogP contribution in [0.5, 0.6) is 5.88 Å². The largest absolute Gasteiger partial charge is 0.479 e. The number of ether oxygens (including phenoxy) is 1. The summed E-state index contributed by atoms with van der Waals surface area (Å²) in [5.74, 6) is 0.0836. The first-order valence-corrected chi connectivity index (χ1v) is 10.3. The molecule has 3 rings (SSSR count). The lowest BCUT2D eigenvalue weighted by Gasteiger charge is -2.23. The van der Waals surface area contributed by atoms with E-state index in [-0.39, 0.29) is 12.3 Å². The number of aryl methyl sites for hydroxylation is 3. The van der Waals surface area contributed by atoms with Gasteiger partial charge in [0.1, 0.15) is 0 Å². The second-order valence-corrected chi connectivity index (χ2v) is 7.65. The Labute approximate surface area is 182 Å². The SMILES string of the molecule is COc1nn(C)c2nc(C)c(CCC(=O)N(CCC(N)=O)Cc3ccccc3)c(C)c12. The van der Waals surface area contributed by atoms with Crippen molar-refractivity contribution < 1.29 is 14.3 Å². The van der Waals surface area contributed by atoms with Gasteiger partial charge in [0.25, 0.3) is 0 Å². The fraction of sp³-hybridized carbons (Fsp3) is 0.391. The number of pyridine rings is 1. The van der Waals surface area contributed by atoms with Crippen molar-refractivity contribution in [2.75, 3.05) is 13.7 Å². The highest BCUT2D eigenvalue weighted by Crippen LogP contribution is 2.30. The van der Waals surface area contributed by atoms with E-state index in [0.717, 1.165) is 33.4 Å². The normalized spacial score (nSPS) is 11.0. The molecule has 0 radical (unpaired) electrons. The molecule has 164 valence electrons. The van der Waals surface area contributed by atoms with Gasteiger partial charge in [-0.05, 0) is 37.0 Å². The number of nitrogens with two attached hydrogens (primary N) is 1. The third-order valence-corrected chi connectivity index (χ3v) is 5.50. The summed E-state index contributed by atoms with van der Waals surface area (Å²) in [7, 11) is 3.42. The summed E-state index contributed by atoms with van der Waals surface area (Å²) in [6, 6.07) is 9.72. The summed E-state index contributed by atoms with van der Waals surface area (Å²) in [6.07, 6.45) is 0.986. The number of aromatic nitrogens is 3. The Bertz CT molecular complexity index is 1090. The molecular formula is C23H29N5O3. The van der Waals surface area contributed by atoms with Crippen molar-refractivity contribution in [3.63, 3.8) is 0 Å². The summed E-state index contributed by atoms with van der Waals surface area (Å²) in [6.45, 7) is 4.70. The van der Waals surface area contributed by atoms with Gasteiger partial charge in [-0.3, -0.25) is 9.59 Å². The van der Waals surface area contributed by atoms with E-state index in [0.29, 0.717) is 31.8 Å². The van der Waals surface area contributed by atoms with E-state index >= 15 is 0 Å². The summed E-state index contributed by atoms with van der Waals surface area (Å²) in [5.41, 5.74) is 9.99. The Morgan fingerprint density at radius 3 is 2.52 bits per heavy atom. The van der Waals surface area contributed by atoms with Crippen LogP contribution in [-0.2, 0) is 29.6 Å². The molecule has 0 spiro atoms. The van der Waals surface area contributed by atoms with E-state index in [9.17, 15) is 9.59 Å². The zero-order chi connectivity index (χ0) is 22.5. The molecule has 0 saturated carbocycles. The first-order valence-electron chi connectivity index (χ1n) is 10.3. The van der Waals surface area contributed by atoms with Crippen molar-refractivity contribution in [3.8, 4) is 5.88 Å². The van der Waals surface area contributed by atoms with Crippen molar-refractivity contribution in [2.45, 2.75) is 39.7 Å². The number of methoxy groups -OCH3 is 1. The molecule has 8 heteroatoms. The summed E-state index contributed by atoms with van der Waals surface area (Å²) in [5, 5.41) is 5.24. The van der Waals surface area contributed by atoms with Crippen LogP contribution in [0.25, 0.3) is 11.0 Å². The van der Waals surface area contributed by atoms with Crippen LogP contribution < -0.4 is 10.5 Å². The predicted molar refractivity (Wildman–Crippen MR) is 119 cm³/mol. The average molecular weight is 424 g/mol. The highest BCUT2D eigenvalue weighted by Gasteiger charge is 2.20. The highest BCUT2D eigenvalue weighted by atomic mass is 16.5. The summed E-state index contributed by atoms with van der Waals surface area (Å²) >= 11 is 0. The van der Waals surface area contributed by atoms with Gasteiger partial charge in [0.05, 0.1) is 12.5 Å². The Balaban J connectivity index is 1.81. The zero-order valence-corrected chi connectivity index (χ0v) is 18.5. The Kier molecular flexibility index (Phi) is 6.89. The van der Waals surface area contributed by atoms with E-state index < -0.39 is 5.91 Å². The Hall–Kier alpha value is -3.42. The predicted octanol–water partition coefficient (Wildman–Crippen LogP) is 2.43. The first kappa shape index (κ1) is 22.3. The molecule has 8 nitrogen and oxygen atoms in total. The lowest BCUT2D eigenvalue weighted by molar-refractivity contribution is -0.132. The smallest absolute Gasteiger partial charge is 0.242 e. The molecule has 2 amide bonds. The van der Waals surface area contributed by atoms with Crippen molar-refractivity contribution >= 4 is 22.8 Å². The standard InChI is InChI=1S/C23H29N5O3/c1-15-18(16(2)25-22-21(15)23(31-4)26-27(22)3)10-11-20(30)28(13-12-19(24)29)14-17-8-6-5-7-9-17/h5-9H,10-14H2,1-4H3,(H2,24,29). The maximum Gasteiger partial charge on any atom is 0.242 e. The fourth-order valence-corrected chi connectivity index (χ4v) is 3.84. The Morgan fingerprint density at radius 2 is 1.87 bits per heavy atom. The monoisotopic (exact) mass is 423 g/mol.